The molecule has 0 bridgehead atoms. The smallest absolute Gasteiger partial charge is 0.237 e. The van der Waals surface area contributed by atoms with Gasteiger partial charge in [-0.1, -0.05) is 41.3 Å². The molecule has 1 aromatic carbocycles. The molecule has 1 aliphatic heterocycles. The van der Waals surface area contributed by atoms with Gasteiger partial charge in [-0.05, 0) is 31.4 Å². The molecule has 7 nitrogen and oxygen atoms in total. The summed E-state index contributed by atoms with van der Waals surface area (Å²) < 4.78 is 24.6. The molecule has 1 aromatic heterocycles. The second-order valence-corrected chi connectivity index (χ2v) is 11.2. The van der Waals surface area contributed by atoms with E-state index in [0.717, 1.165) is 28.0 Å². The highest BCUT2D eigenvalue weighted by molar-refractivity contribution is 8.01. The quantitative estimate of drug-likeness (QED) is 0.683. The van der Waals surface area contributed by atoms with Crippen molar-refractivity contribution >= 4 is 49.7 Å². The molecule has 1 saturated carbocycles. The molecule has 1 atom stereocenters. The Bertz CT molecular complexity index is 913. The van der Waals surface area contributed by atoms with Gasteiger partial charge in [0.05, 0.1) is 23.3 Å². The van der Waals surface area contributed by atoms with Crippen LogP contribution in [-0.4, -0.2) is 53.9 Å². The summed E-state index contributed by atoms with van der Waals surface area (Å²) >= 11 is 2.79. The molecule has 0 radical (unpaired) electrons. The third-order valence-electron chi connectivity index (χ3n) is 4.51. The lowest BCUT2D eigenvalue weighted by Crippen LogP contribution is -2.42. The summed E-state index contributed by atoms with van der Waals surface area (Å²) in [5.41, 5.74) is 0.735. The van der Waals surface area contributed by atoms with E-state index in [1.165, 1.54) is 23.1 Å². The van der Waals surface area contributed by atoms with Crippen molar-refractivity contribution in [1.82, 2.24) is 10.2 Å². The van der Waals surface area contributed by atoms with Gasteiger partial charge in [0.25, 0.3) is 0 Å². The van der Waals surface area contributed by atoms with Crippen LogP contribution in [0, 0.1) is 0 Å². The summed E-state index contributed by atoms with van der Waals surface area (Å²) in [6, 6.07) is 9.47. The minimum Gasteiger partial charge on any atom is -0.357 e. The Kier molecular flexibility index (Phi) is 5.38. The topological polar surface area (TPSA) is 92.3 Å². The normalized spacial score (nSPS) is 21.1. The first-order valence-electron chi connectivity index (χ1n) is 8.80. The lowest BCUT2D eigenvalue weighted by Gasteiger charge is -2.28. The zero-order valence-corrected chi connectivity index (χ0v) is 17.0. The van der Waals surface area contributed by atoms with Gasteiger partial charge in [-0.25, -0.2) is 8.42 Å². The highest BCUT2D eigenvalue weighted by Gasteiger charge is 2.35. The molecule has 1 aliphatic carbocycles. The van der Waals surface area contributed by atoms with Crippen LogP contribution in [0.15, 0.2) is 34.7 Å². The Morgan fingerprint density at radius 3 is 2.67 bits per heavy atom. The first-order chi connectivity index (χ1) is 13.0. The number of amides is 1. The molecule has 27 heavy (non-hydrogen) atoms. The minimum atomic E-state index is -3.08. The van der Waals surface area contributed by atoms with Crippen LogP contribution in [-0.2, 0) is 14.6 Å². The third kappa shape index (κ3) is 4.80. The Morgan fingerprint density at radius 2 is 2.00 bits per heavy atom. The average Bonchev–Trinajstić information content (AvgIpc) is 3.23. The predicted octanol–water partition coefficient (Wildman–Crippen LogP) is 2.42. The summed E-state index contributed by atoms with van der Waals surface area (Å²) in [6.07, 6.45) is 2.80. The van der Waals surface area contributed by atoms with Crippen molar-refractivity contribution in [1.29, 1.82) is 0 Å². The van der Waals surface area contributed by atoms with Crippen LogP contribution in [0.4, 0.5) is 10.8 Å². The van der Waals surface area contributed by atoms with E-state index < -0.39 is 9.84 Å². The summed E-state index contributed by atoms with van der Waals surface area (Å²) in [5.74, 6) is 0.240. The van der Waals surface area contributed by atoms with Crippen LogP contribution in [0.25, 0.3) is 0 Å². The predicted molar refractivity (Wildman–Crippen MR) is 108 cm³/mol. The van der Waals surface area contributed by atoms with Gasteiger partial charge in [0.15, 0.2) is 14.2 Å². The fourth-order valence-electron chi connectivity index (χ4n) is 3.05. The van der Waals surface area contributed by atoms with Crippen molar-refractivity contribution < 1.29 is 13.2 Å². The number of sulfone groups is 1. The van der Waals surface area contributed by atoms with Crippen LogP contribution in [0.3, 0.4) is 0 Å². The van der Waals surface area contributed by atoms with Crippen molar-refractivity contribution in [3.8, 4) is 0 Å². The van der Waals surface area contributed by atoms with E-state index in [4.69, 9.17) is 0 Å². The van der Waals surface area contributed by atoms with Crippen LogP contribution < -0.4 is 10.2 Å². The molecule has 1 saturated heterocycles. The molecule has 0 spiro atoms. The lowest BCUT2D eigenvalue weighted by molar-refractivity contribution is -0.116. The zero-order chi connectivity index (χ0) is 18.9. The van der Waals surface area contributed by atoms with Gasteiger partial charge >= 0.3 is 0 Å². The largest absolute Gasteiger partial charge is 0.357 e. The maximum Gasteiger partial charge on any atom is 0.237 e. The number of rotatable bonds is 7. The number of para-hydroxylation sites is 1. The van der Waals surface area contributed by atoms with E-state index in [-0.39, 0.29) is 29.2 Å². The molecule has 144 valence electrons. The molecule has 2 fully saturated rings. The monoisotopic (exact) mass is 424 g/mol. The molecule has 4 rings (SSSR count). The molecular weight excluding hydrogens is 404 g/mol. The molecule has 1 N–H and O–H groups in total. The van der Waals surface area contributed by atoms with E-state index in [1.807, 2.05) is 30.3 Å². The number of benzene rings is 1. The molecule has 2 aromatic rings. The van der Waals surface area contributed by atoms with E-state index >= 15 is 0 Å². The molecule has 2 heterocycles. The number of hydrogen-bond donors (Lipinski definition) is 1. The van der Waals surface area contributed by atoms with Crippen molar-refractivity contribution in [2.75, 3.05) is 27.5 Å². The van der Waals surface area contributed by atoms with Gasteiger partial charge in [-0.3, -0.25) is 4.79 Å². The Balaban J connectivity index is 1.44. The van der Waals surface area contributed by atoms with Crippen LogP contribution in [0.1, 0.15) is 19.3 Å². The SMILES string of the molecule is O=C(CSc1nnc(NC2CC2)s1)N(c1ccccc1)C1CCS(=O)(=O)C1. The maximum atomic E-state index is 13.0. The maximum absolute atomic E-state index is 13.0. The Hall–Kier alpha value is -1.65. The van der Waals surface area contributed by atoms with Crippen LogP contribution in [0.2, 0.25) is 0 Å². The summed E-state index contributed by atoms with van der Waals surface area (Å²) in [7, 11) is -3.08. The van der Waals surface area contributed by atoms with Crippen LogP contribution in [0.5, 0.6) is 0 Å². The number of aromatic nitrogens is 2. The highest BCUT2D eigenvalue weighted by atomic mass is 32.2. The number of carbonyl (C=O) groups is 1. The molecule has 10 heteroatoms. The zero-order valence-electron chi connectivity index (χ0n) is 14.6. The standard InChI is InChI=1S/C17H20N4O3S3/c22-15(10-25-17-20-19-16(26-17)18-12-6-7-12)21(13-4-2-1-3-5-13)14-8-9-27(23,24)11-14/h1-5,12,14H,6-11H2,(H,18,19). The Morgan fingerprint density at radius 1 is 1.22 bits per heavy atom. The van der Waals surface area contributed by atoms with Crippen molar-refractivity contribution in [2.24, 2.45) is 0 Å². The summed E-state index contributed by atoms with van der Waals surface area (Å²) in [4.78, 5) is 14.6. The van der Waals surface area contributed by atoms with Gasteiger partial charge in [-0.15, -0.1) is 10.2 Å². The van der Waals surface area contributed by atoms with E-state index in [0.29, 0.717) is 12.5 Å². The fourth-order valence-corrected chi connectivity index (χ4v) is 6.44. The van der Waals surface area contributed by atoms with Crippen molar-refractivity contribution in [3.63, 3.8) is 0 Å². The summed E-state index contributed by atoms with van der Waals surface area (Å²) in [6.45, 7) is 0. The fraction of sp³-hybridized carbons (Fsp3) is 0.471. The Labute approximate surface area is 166 Å². The van der Waals surface area contributed by atoms with E-state index in [1.54, 1.807) is 4.90 Å². The second-order valence-electron chi connectivity index (χ2n) is 6.74. The number of hydrogen-bond acceptors (Lipinski definition) is 8. The molecular formula is C17H20N4O3S3. The number of thioether (sulfide) groups is 1. The van der Waals surface area contributed by atoms with Gasteiger partial charge in [0.2, 0.25) is 11.0 Å². The third-order valence-corrected chi connectivity index (χ3v) is 8.23. The molecule has 1 amide bonds. The van der Waals surface area contributed by atoms with Gasteiger partial charge in [0, 0.05) is 11.7 Å². The highest BCUT2D eigenvalue weighted by Crippen LogP contribution is 2.31. The first kappa shape index (κ1) is 18.7. The number of carbonyl (C=O) groups excluding carboxylic acids is 1. The van der Waals surface area contributed by atoms with Crippen molar-refractivity contribution in [3.05, 3.63) is 30.3 Å². The van der Waals surface area contributed by atoms with Gasteiger partial charge < -0.3 is 10.2 Å². The minimum absolute atomic E-state index is 0.0204. The van der Waals surface area contributed by atoms with Crippen molar-refractivity contribution in [2.45, 2.75) is 35.7 Å². The lowest BCUT2D eigenvalue weighted by atomic mass is 10.2. The number of nitrogens with zero attached hydrogens (tertiary/aromatic N) is 3. The van der Waals surface area contributed by atoms with E-state index in [2.05, 4.69) is 15.5 Å². The van der Waals surface area contributed by atoms with E-state index in [9.17, 15) is 13.2 Å². The number of nitrogens with one attached hydrogen (secondary N) is 1. The average molecular weight is 425 g/mol. The van der Waals surface area contributed by atoms with Gasteiger partial charge in [0.1, 0.15) is 0 Å². The first-order valence-corrected chi connectivity index (χ1v) is 12.4. The molecule has 2 aliphatic rings. The summed E-state index contributed by atoms with van der Waals surface area (Å²) in [5, 5.41) is 12.3. The van der Waals surface area contributed by atoms with Gasteiger partial charge in [-0.2, -0.15) is 0 Å². The molecule has 1 unspecified atom stereocenters. The number of anilines is 2. The van der Waals surface area contributed by atoms with Crippen LogP contribution >= 0.6 is 23.1 Å². The second kappa shape index (κ2) is 7.76.